The summed E-state index contributed by atoms with van der Waals surface area (Å²) in [6.07, 6.45) is 1.45. The van der Waals surface area contributed by atoms with Crippen molar-refractivity contribution in [1.29, 1.82) is 0 Å². The Labute approximate surface area is 277 Å². The van der Waals surface area contributed by atoms with Crippen molar-refractivity contribution in [3.63, 3.8) is 0 Å². The molecule has 3 aromatic rings. The first-order valence-corrected chi connectivity index (χ1v) is 17.1. The largest absolute Gasteiger partial charge is 0.427 e. The molecule has 0 spiro atoms. The molecular formula is C35H48ClN5O3S. The van der Waals surface area contributed by atoms with Gasteiger partial charge in [0.1, 0.15) is 5.82 Å². The van der Waals surface area contributed by atoms with Gasteiger partial charge in [0.25, 0.3) is 0 Å². The van der Waals surface area contributed by atoms with Crippen LogP contribution in [-0.4, -0.2) is 76.7 Å². The molecule has 1 saturated heterocycles. The molecule has 0 unspecified atom stereocenters. The van der Waals surface area contributed by atoms with Crippen LogP contribution < -0.4 is 9.80 Å². The Morgan fingerprint density at radius 3 is 2.38 bits per heavy atom. The first-order chi connectivity index (χ1) is 21.0. The minimum Gasteiger partial charge on any atom is -0.427 e. The maximum absolute atomic E-state index is 13.5. The number of carbonyl (C=O) groups is 2. The lowest BCUT2D eigenvalue weighted by molar-refractivity contribution is -0.118. The van der Waals surface area contributed by atoms with Crippen LogP contribution in [0.4, 0.5) is 16.3 Å². The van der Waals surface area contributed by atoms with Gasteiger partial charge in [-0.25, -0.2) is 4.79 Å². The number of amides is 2. The van der Waals surface area contributed by atoms with E-state index in [4.69, 9.17) is 20.7 Å². The maximum atomic E-state index is 13.5. The SMILES string of the molecule is CC(C)(C)CC(C)(C)N(C(=O)OCN1C(=O)Cc2cc(CCN3CCN(c4nsc5ccccc45)CC3)c(Cl)cc21)C(C)(C)C. The third-order valence-corrected chi connectivity index (χ3v) is 9.82. The van der Waals surface area contributed by atoms with Crippen molar-refractivity contribution < 1.29 is 14.3 Å². The van der Waals surface area contributed by atoms with E-state index < -0.39 is 17.2 Å². The van der Waals surface area contributed by atoms with Gasteiger partial charge >= 0.3 is 6.09 Å². The fraction of sp³-hybridized carbons (Fsp3) is 0.571. The summed E-state index contributed by atoms with van der Waals surface area (Å²) in [4.78, 5) is 34.8. The van der Waals surface area contributed by atoms with Crippen LogP contribution in [0.5, 0.6) is 0 Å². The number of anilines is 2. The number of hydrogen-bond acceptors (Lipinski definition) is 7. The van der Waals surface area contributed by atoms with Gasteiger partial charge in [0, 0.05) is 54.2 Å². The number of benzene rings is 2. The van der Waals surface area contributed by atoms with Crippen LogP contribution in [0.15, 0.2) is 36.4 Å². The third-order valence-electron chi connectivity index (χ3n) is 8.65. The number of aromatic nitrogens is 1. The average Bonchev–Trinajstić information content (AvgIpc) is 3.48. The smallest absolute Gasteiger partial charge is 0.412 e. The number of hydrogen-bond donors (Lipinski definition) is 0. The Balaban J connectivity index is 1.19. The number of rotatable bonds is 8. The topological polar surface area (TPSA) is 69.2 Å². The predicted molar refractivity (Wildman–Crippen MR) is 186 cm³/mol. The van der Waals surface area contributed by atoms with Crippen LogP contribution in [-0.2, 0) is 22.4 Å². The Morgan fingerprint density at radius 2 is 1.71 bits per heavy atom. The van der Waals surface area contributed by atoms with E-state index >= 15 is 0 Å². The van der Waals surface area contributed by atoms with Gasteiger partial charge in [-0.3, -0.25) is 19.5 Å². The van der Waals surface area contributed by atoms with Crippen LogP contribution in [0.3, 0.4) is 0 Å². The van der Waals surface area contributed by atoms with E-state index in [-0.39, 0.29) is 24.5 Å². The zero-order valence-corrected chi connectivity index (χ0v) is 29.6. The molecule has 10 heteroatoms. The first kappa shape index (κ1) is 33.5. The van der Waals surface area contributed by atoms with E-state index in [1.165, 1.54) is 10.1 Å². The molecule has 244 valence electrons. The van der Waals surface area contributed by atoms with Crippen LogP contribution in [0.25, 0.3) is 10.1 Å². The second-order valence-corrected chi connectivity index (χ2v) is 16.5. The van der Waals surface area contributed by atoms with Crippen molar-refractivity contribution in [1.82, 2.24) is 14.2 Å². The van der Waals surface area contributed by atoms with Crippen LogP contribution in [0, 0.1) is 5.41 Å². The molecule has 2 aliphatic heterocycles. The number of halogens is 1. The zero-order valence-electron chi connectivity index (χ0n) is 28.1. The highest BCUT2D eigenvalue weighted by atomic mass is 35.5. The van der Waals surface area contributed by atoms with Gasteiger partial charge < -0.3 is 9.64 Å². The molecule has 1 aromatic heterocycles. The number of carbonyl (C=O) groups excluding carboxylic acids is 2. The lowest BCUT2D eigenvalue weighted by atomic mass is 9.79. The predicted octanol–water partition coefficient (Wildman–Crippen LogP) is 7.61. The van der Waals surface area contributed by atoms with Gasteiger partial charge in [0.15, 0.2) is 6.73 Å². The van der Waals surface area contributed by atoms with E-state index in [0.717, 1.165) is 68.2 Å². The standard InChI is InChI=1S/C35H48ClN5O3S/c1-33(2,3)22-35(7,8)41(34(4,5)6)32(43)44-23-40-28-21-27(36)24(19-25(28)20-30(40)42)13-14-38-15-17-39(18-16-38)31-26-11-9-10-12-29(26)45-37-31/h9-12,19,21H,13-18,20,22-23H2,1-8H3. The second kappa shape index (κ2) is 12.7. The maximum Gasteiger partial charge on any atom is 0.412 e. The molecule has 5 rings (SSSR count). The summed E-state index contributed by atoms with van der Waals surface area (Å²) >= 11 is 8.35. The summed E-state index contributed by atoms with van der Waals surface area (Å²) in [6, 6.07) is 12.3. The molecule has 0 aliphatic carbocycles. The monoisotopic (exact) mass is 653 g/mol. The summed E-state index contributed by atoms with van der Waals surface area (Å²) < 4.78 is 11.8. The second-order valence-electron chi connectivity index (χ2n) is 15.2. The molecule has 0 atom stereocenters. The first-order valence-electron chi connectivity index (χ1n) is 15.9. The minimum atomic E-state index is -0.460. The number of nitrogens with zero attached hydrogens (tertiary/aromatic N) is 5. The quantitative estimate of drug-likeness (QED) is 0.249. The van der Waals surface area contributed by atoms with E-state index in [9.17, 15) is 9.59 Å². The van der Waals surface area contributed by atoms with E-state index in [1.54, 1.807) is 16.4 Å². The van der Waals surface area contributed by atoms with Gasteiger partial charge in [-0.2, -0.15) is 4.37 Å². The van der Waals surface area contributed by atoms with E-state index in [2.05, 4.69) is 74.8 Å². The van der Waals surface area contributed by atoms with Crippen molar-refractivity contribution in [2.75, 3.05) is 49.3 Å². The van der Waals surface area contributed by atoms with Crippen molar-refractivity contribution in [2.24, 2.45) is 5.41 Å². The average molecular weight is 654 g/mol. The Morgan fingerprint density at radius 1 is 1.02 bits per heavy atom. The highest BCUT2D eigenvalue weighted by Crippen LogP contribution is 2.37. The van der Waals surface area contributed by atoms with Gasteiger partial charge in [0.05, 0.1) is 16.8 Å². The molecule has 0 N–H and O–H groups in total. The number of piperazine rings is 1. The van der Waals surface area contributed by atoms with Crippen LogP contribution in [0.1, 0.15) is 72.9 Å². The number of ether oxygens (including phenoxy) is 1. The van der Waals surface area contributed by atoms with Crippen molar-refractivity contribution in [2.45, 2.75) is 85.7 Å². The fourth-order valence-electron chi connectivity index (χ4n) is 7.33. The molecule has 45 heavy (non-hydrogen) atoms. The van der Waals surface area contributed by atoms with Crippen LogP contribution >= 0.6 is 23.1 Å². The molecule has 2 aliphatic rings. The van der Waals surface area contributed by atoms with E-state index in [1.807, 2.05) is 31.7 Å². The molecule has 2 amide bonds. The van der Waals surface area contributed by atoms with Gasteiger partial charge in [-0.15, -0.1) is 0 Å². The Hall–Kier alpha value is -2.88. The summed E-state index contributed by atoms with van der Waals surface area (Å²) in [5, 5.41) is 1.87. The summed E-state index contributed by atoms with van der Waals surface area (Å²) in [7, 11) is 0. The molecule has 0 bridgehead atoms. The lowest BCUT2D eigenvalue weighted by Gasteiger charge is -2.48. The number of fused-ring (bicyclic) bond motifs is 2. The molecule has 3 heterocycles. The summed E-state index contributed by atoms with van der Waals surface area (Å²) in [5.74, 6) is 1.00. The van der Waals surface area contributed by atoms with Crippen molar-refractivity contribution >= 4 is 56.7 Å². The summed E-state index contributed by atoms with van der Waals surface area (Å²) in [5.41, 5.74) is 1.81. The minimum absolute atomic E-state index is 0.0247. The zero-order chi connectivity index (χ0) is 32.7. The van der Waals surface area contributed by atoms with Crippen LogP contribution in [0.2, 0.25) is 5.02 Å². The fourth-order valence-corrected chi connectivity index (χ4v) is 8.38. The highest BCUT2D eigenvalue weighted by Gasteiger charge is 2.42. The van der Waals surface area contributed by atoms with Gasteiger partial charge in [-0.05, 0) is 93.7 Å². The van der Waals surface area contributed by atoms with Crippen molar-refractivity contribution in [3.05, 3.63) is 52.5 Å². The van der Waals surface area contributed by atoms with Gasteiger partial charge in [0.2, 0.25) is 5.91 Å². The van der Waals surface area contributed by atoms with Crippen molar-refractivity contribution in [3.8, 4) is 0 Å². The highest BCUT2D eigenvalue weighted by molar-refractivity contribution is 7.13. The molecule has 8 nitrogen and oxygen atoms in total. The van der Waals surface area contributed by atoms with Gasteiger partial charge in [-0.1, -0.05) is 50.6 Å². The molecule has 0 radical (unpaired) electrons. The van der Waals surface area contributed by atoms with E-state index in [0.29, 0.717) is 5.02 Å². The molecule has 0 saturated carbocycles. The lowest BCUT2D eigenvalue weighted by Crippen LogP contribution is -2.58. The molecule has 2 aromatic carbocycles. The molecular weight excluding hydrogens is 606 g/mol. The Kier molecular flexibility index (Phi) is 9.47. The summed E-state index contributed by atoms with van der Waals surface area (Å²) in [6.45, 7) is 21.3. The third kappa shape index (κ3) is 7.58. The Bertz CT molecular complexity index is 1550. The normalized spacial score (nSPS) is 16.4. The molecule has 1 fully saturated rings.